The van der Waals surface area contributed by atoms with Gasteiger partial charge in [0.25, 0.3) is 5.91 Å². The number of carbonyl (C=O) groups excluding carboxylic acids is 2. The fraction of sp³-hybridized carbons (Fsp3) is 0.125. The minimum absolute atomic E-state index is 0.198. The average Bonchev–Trinajstić information content (AvgIpc) is 2.50. The van der Waals surface area contributed by atoms with E-state index >= 15 is 0 Å². The molecule has 1 amide bonds. The lowest BCUT2D eigenvalue weighted by Crippen LogP contribution is -2.30. The summed E-state index contributed by atoms with van der Waals surface area (Å²) in [5, 5.41) is 11.9. The summed E-state index contributed by atoms with van der Waals surface area (Å²) in [6.45, 7) is 1.22. The predicted octanol–water partition coefficient (Wildman–Crippen LogP) is 3.51. The molecule has 2 N–H and O–H groups in total. The molecule has 0 aliphatic carbocycles. The number of anilines is 1. The molecule has 0 saturated heterocycles. The molecule has 24 heavy (non-hydrogen) atoms. The molecule has 0 aromatic heterocycles. The van der Waals surface area contributed by atoms with Gasteiger partial charge in [-0.3, -0.25) is 4.79 Å². The molecule has 5 nitrogen and oxygen atoms in total. The second-order valence-corrected chi connectivity index (χ2v) is 5.23. The van der Waals surface area contributed by atoms with Crippen LogP contribution in [-0.2, 0) is 9.53 Å². The van der Waals surface area contributed by atoms with Crippen LogP contribution >= 0.6 is 11.6 Å². The fourth-order valence-corrected chi connectivity index (χ4v) is 1.96. The number of ether oxygens (including phenoxy) is 1. The zero-order valence-corrected chi connectivity index (χ0v) is 13.1. The summed E-state index contributed by atoms with van der Waals surface area (Å²) in [5.41, 5.74) is -0.837. The van der Waals surface area contributed by atoms with Gasteiger partial charge < -0.3 is 15.2 Å². The van der Waals surface area contributed by atoms with Crippen molar-refractivity contribution in [3.8, 4) is 5.75 Å². The van der Waals surface area contributed by atoms with Crippen molar-refractivity contribution < 1.29 is 28.2 Å². The number of carbonyl (C=O) groups is 2. The van der Waals surface area contributed by atoms with Crippen molar-refractivity contribution in [3.05, 3.63) is 58.6 Å². The van der Waals surface area contributed by atoms with Crippen LogP contribution in [0.3, 0.4) is 0 Å². The highest BCUT2D eigenvalue weighted by molar-refractivity contribution is 6.30. The number of amides is 1. The number of phenolic OH excluding ortho intramolecular Hbond substituents is 1. The molecule has 0 aliphatic heterocycles. The number of rotatable bonds is 4. The Balaban J connectivity index is 2.07. The number of nitrogens with one attached hydrogen (secondary N) is 1. The highest BCUT2D eigenvalue weighted by Crippen LogP contribution is 2.23. The van der Waals surface area contributed by atoms with Crippen LogP contribution in [0.2, 0.25) is 5.02 Å². The van der Waals surface area contributed by atoms with Crippen LogP contribution in [-0.4, -0.2) is 23.1 Å². The number of para-hydroxylation sites is 1. The Morgan fingerprint density at radius 2 is 1.83 bits per heavy atom. The third-order valence-electron chi connectivity index (χ3n) is 3.04. The van der Waals surface area contributed by atoms with Gasteiger partial charge in [-0.25, -0.2) is 13.6 Å². The lowest BCUT2D eigenvalue weighted by molar-refractivity contribution is -0.123. The molecule has 2 aromatic carbocycles. The Labute approximate surface area is 140 Å². The first kappa shape index (κ1) is 17.7. The van der Waals surface area contributed by atoms with Crippen molar-refractivity contribution in [2.75, 3.05) is 5.32 Å². The van der Waals surface area contributed by atoms with Crippen LogP contribution in [0.25, 0.3) is 0 Å². The van der Waals surface area contributed by atoms with E-state index in [0.29, 0.717) is 0 Å². The van der Waals surface area contributed by atoms with Gasteiger partial charge in [-0.05, 0) is 37.3 Å². The van der Waals surface area contributed by atoms with Gasteiger partial charge in [0.15, 0.2) is 6.10 Å². The van der Waals surface area contributed by atoms with Gasteiger partial charge in [0.05, 0.1) is 0 Å². The first-order valence-electron chi connectivity index (χ1n) is 6.74. The van der Waals surface area contributed by atoms with Crippen molar-refractivity contribution in [1.82, 2.24) is 0 Å². The number of hydrogen-bond acceptors (Lipinski definition) is 4. The number of hydrogen-bond donors (Lipinski definition) is 2. The molecule has 2 rings (SSSR count). The zero-order chi connectivity index (χ0) is 17.9. The second kappa shape index (κ2) is 7.27. The van der Waals surface area contributed by atoms with Crippen LogP contribution in [0.5, 0.6) is 5.75 Å². The maximum absolute atomic E-state index is 13.5. The van der Waals surface area contributed by atoms with Crippen LogP contribution in [0.15, 0.2) is 36.4 Å². The second-order valence-electron chi connectivity index (χ2n) is 4.79. The van der Waals surface area contributed by atoms with Gasteiger partial charge in [-0.1, -0.05) is 17.7 Å². The van der Waals surface area contributed by atoms with E-state index in [-0.39, 0.29) is 10.6 Å². The van der Waals surface area contributed by atoms with E-state index in [0.717, 1.165) is 24.3 Å². The normalized spacial score (nSPS) is 11.7. The smallest absolute Gasteiger partial charge is 0.342 e. The average molecular weight is 356 g/mol. The molecular weight excluding hydrogens is 344 g/mol. The summed E-state index contributed by atoms with van der Waals surface area (Å²) in [5.74, 6) is -4.25. The molecule has 0 heterocycles. The first-order chi connectivity index (χ1) is 11.3. The molecule has 0 unspecified atom stereocenters. The summed E-state index contributed by atoms with van der Waals surface area (Å²) in [6.07, 6.45) is -1.36. The predicted molar refractivity (Wildman–Crippen MR) is 83.0 cm³/mol. The van der Waals surface area contributed by atoms with Crippen LogP contribution in [0.4, 0.5) is 14.5 Å². The Morgan fingerprint density at radius 3 is 2.42 bits per heavy atom. The monoisotopic (exact) mass is 355 g/mol. The standard InChI is InChI=1S/C16H12ClF2NO4/c1-8(15(22)20-14-11(18)3-2-4-12(14)19)24-16(23)10-6-5-9(17)7-13(10)21/h2-8,21H,1H3,(H,20,22)/t8-/m1/s1. The number of benzene rings is 2. The van der Waals surface area contributed by atoms with Crippen molar-refractivity contribution in [2.45, 2.75) is 13.0 Å². The van der Waals surface area contributed by atoms with Gasteiger partial charge in [0.1, 0.15) is 28.6 Å². The molecular formula is C16H12ClF2NO4. The molecule has 0 saturated carbocycles. The molecule has 8 heteroatoms. The van der Waals surface area contributed by atoms with E-state index in [1.165, 1.54) is 19.1 Å². The summed E-state index contributed by atoms with van der Waals surface area (Å²) < 4.78 is 31.8. The van der Waals surface area contributed by atoms with E-state index in [1.807, 2.05) is 5.32 Å². The molecule has 0 bridgehead atoms. The highest BCUT2D eigenvalue weighted by Gasteiger charge is 2.23. The summed E-state index contributed by atoms with van der Waals surface area (Å²) >= 11 is 5.65. The van der Waals surface area contributed by atoms with E-state index in [9.17, 15) is 23.5 Å². The first-order valence-corrected chi connectivity index (χ1v) is 7.11. The topological polar surface area (TPSA) is 75.6 Å². The number of esters is 1. The molecule has 2 aromatic rings. The third-order valence-corrected chi connectivity index (χ3v) is 3.28. The number of phenols is 1. The minimum Gasteiger partial charge on any atom is -0.507 e. The van der Waals surface area contributed by atoms with Gasteiger partial charge >= 0.3 is 5.97 Å². The summed E-state index contributed by atoms with van der Waals surface area (Å²) in [4.78, 5) is 23.8. The lowest BCUT2D eigenvalue weighted by Gasteiger charge is -2.14. The molecule has 0 aliphatic rings. The zero-order valence-electron chi connectivity index (χ0n) is 12.3. The van der Waals surface area contributed by atoms with Gasteiger partial charge in [0, 0.05) is 5.02 Å². The van der Waals surface area contributed by atoms with E-state index in [4.69, 9.17) is 16.3 Å². The van der Waals surface area contributed by atoms with Crippen molar-refractivity contribution in [2.24, 2.45) is 0 Å². The fourth-order valence-electron chi connectivity index (χ4n) is 1.80. The van der Waals surface area contributed by atoms with E-state index in [1.54, 1.807) is 0 Å². The number of aromatic hydroxyl groups is 1. The lowest BCUT2D eigenvalue weighted by atomic mass is 10.2. The summed E-state index contributed by atoms with van der Waals surface area (Å²) in [7, 11) is 0. The van der Waals surface area contributed by atoms with Gasteiger partial charge in [0.2, 0.25) is 0 Å². The van der Waals surface area contributed by atoms with Crippen LogP contribution < -0.4 is 5.32 Å². The van der Waals surface area contributed by atoms with Crippen molar-refractivity contribution in [3.63, 3.8) is 0 Å². The number of halogens is 3. The quantitative estimate of drug-likeness (QED) is 0.823. The SMILES string of the molecule is C[C@@H](OC(=O)c1ccc(Cl)cc1O)C(=O)Nc1c(F)cccc1F. The Bertz CT molecular complexity index is 777. The van der Waals surface area contributed by atoms with Crippen molar-refractivity contribution >= 4 is 29.2 Å². The molecule has 0 radical (unpaired) electrons. The van der Waals surface area contributed by atoms with E-state index < -0.39 is 41.1 Å². The van der Waals surface area contributed by atoms with Gasteiger partial charge in [-0.15, -0.1) is 0 Å². The highest BCUT2D eigenvalue weighted by atomic mass is 35.5. The minimum atomic E-state index is -1.36. The Morgan fingerprint density at radius 1 is 1.21 bits per heavy atom. The van der Waals surface area contributed by atoms with E-state index in [2.05, 4.69) is 0 Å². The molecule has 0 fully saturated rings. The third kappa shape index (κ3) is 3.99. The largest absolute Gasteiger partial charge is 0.507 e. The molecule has 0 spiro atoms. The van der Waals surface area contributed by atoms with Crippen LogP contribution in [0.1, 0.15) is 17.3 Å². The maximum atomic E-state index is 13.5. The van der Waals surface area contributed by atoms with Crippen LogP contribution in [0, 0.1) is 11.6 Å². The maximum Gasteiger partial charge on any atom is 0.342 e. The Kier molecular flexibility index (Phi) is 5.35. The summed E-state index contributed by atoms with van der Waals surface area (Å²) in [6, 6.07) is 6.81. The van der Waals surface area contributed by atoms with Crippen molar-refractivity contribution in [1.29, 1.82) is 0 Å². The van der Waals surface area contributed by atoms with Gasteiger partial charge in [-0.2, -0.15) is 0 Å². The molecule has 126 valence electrons. The Hall–Kier alpha value is -2.67. The molecule has 1 atom stereocenters.